The Hall–Kier alpha value is -2.63. The molecule has 6 nitrogen and oxygen atoms in total. The first-order chi connectivity index (χ1) is 12.4. The van der Waals surface area contributed by atoms with E-state index in [1.165, 1.54) is 0 Å². The van der Waals surface area contributed by atoms with Crippen molar-refractivity contribution in [2.45, 2.75) is 33.1 Å². The first-order valence-corrected chi connectivity index (χ1v) is 9.03. The smallest absolute Gasteiger partial charge is 0.307 e. The minimum atomic E-state index is -0.917. The Morgan fingerprint density at radius 3 is 2.31 bits per heavy atom. The number of carboxylic acid groups (broad SMARTS) is 1. The van der Waals surface area contributed by atoms with E-state index in [1.807, 2.05) is 26.0 Å². The fourth-order valence-corrected chi connectivity index (χ4v) is 4.08. The SMILES string of the molecule is CCCC(=O)Nc1cccc(NC(=O)[C@H]2[C@@H](C(=O)O)[C@H]3C=C[C@H]2C3)c1C. The van der Waals surface area contributed by atoms with Crippen LogP contribution in [0.2, 0.25) is 0 Å². The number of rotatable bonds is 6. The van der Waals surface area contributed by atoms with E-state index in [0.717, 1.165) is 18.4 Å². The molecule has 0 spiro atoms. The van der Waals surface area contributed by atoms with E-state index in [-0.39, 0.29) is 23.7 Å². The van der Waals surface area contributed by atoms with Crippen molar-refractivity contribution in [1.29, 1.82) is 0 Å². The quantitative estimate of drug-likeness (QED) is 0.682. The van der Waals surface area contributed by atoms with Gasteiger partial charge in [-0.15, -0.1) is 0 Å². The molecule has 4 atom stereocenters. The minimum absolute atomic E-state index is 0.0196. The summed E-state index contributed by atoms with van der Waals surface area (Å²) in [6.07, 6.45) is 5.80. The molecule has 26 heavy (non-hydrogen) atoms. The van der Waals surface area contributed by atoms with E-state index in [9.17, 15) is 19.5 Å². The summed E-state index contributed by atoms with van der Waals surface area (Å²) in [6.45, 7) is 3.76. The van der Waals surface area contributed by atoms with Crippen molar-refractivity contribution in [3.05, 3.63) is 35.9 Å². The van der Waals surface area contributed by atoms with Crippen molar-refractivity contribution >= 4 is 29.2 Å². The number of carbonyl (C=O) groups is 3. The Morgan fingerprint density at radius 1 is 1.08 bits per heavy atom. The van der Waals surface area contributed by atoms with Crippen molar-refractivity contribution in [3.63, 3.8) is 0 Å². The lowest BCUT2D eigenvalue weighted by molar-refractivity contribution is -0.146. The molecular weight excluding hydrogens is 332 g/mol. The second-order valence-corrected chi connectivity index (χ2v) is 7.10. The molecule has 0 radical (unpaired) electrons. The zero-order chi connectivity index (χ0) is 18.8. The lowest BCUT2D eigenvalue weighted by atomic mass is 9.82. The van der Waals surface area contributed by atoms with Gasteiger partial charge in [-0.05, 0) is 49.3 Å². The maximum atomic E-state index is 12.8. The van der Waals surface area contributed by atoms with Gasteiger partial charge < -0.3 is 15.7 Å². The van der Waals surface area contributed by atoms with Crippen LogP contribution in [-0.4, -0.2) is 22.9 Å². The van der Waals surface area contributed by atoms with E-state index in [2.05, 4.69) is 10.6 Å². The van der Waals surface area contributed by atoms with Crippen LogP contribution in [0.25, 0.3) is 0 Å². The van der Waals surface area contributed by atoms with Crippen LogP contribution in [0, 0.1) is 30.6 Å². The lowest BCUT2D eigenvalue weighted by Crippen LogP contribution is -2.36. The monoisotopic (exact) mass is 356 g/mol. The van der Waals surface area contributed by atoms with Crippen molar-refractivity contribution < 1.29 is 19.5 Å². The number of nitrogens with one attached hydrogen (secondary N) is 2. The third kappa shape index (κ3) is 3.36. The summed E-state index contributed by atoms with van der Waals surface area (Å²) in [4.78, 5) is 36.3. The highest BCUT2D eigenvalue weighted by Gasteiger charge is 2.51. The molecule has 2 amide bonds. The van der Waals surface area contributed by atoms with Crippen LogP contribution in [0.15, 0.2) is 30.4 Å². The maximum Gasteiger partial charge on any atom is 0.307 e. The van der Waals surface area contributed by atoms with E-state index in [0.29, 0.717) is 17.8 Å². The number of fused-ring (bicyclic) bond motifs is 2. The molecule has 1 aromatic carbocycles. The number of aliphatic carboxylic acids is 1. The van der Waals surface area contributed by atoms with Crippen LogP contribution in [0.4, 0.5) is 11.4 Å². The number of carbonyl (C=O) groups excluding carboxylic acids is 2. The second kappa shape index (κ2) is 7.32. The summed E-state index contributed by atoms with van der Waals surface area (Å²) >= 11 is 0. The Kier molecular flexibility index (Phi) is 5.11. The third-order valence-corrected chi connectivity index (χ3v) is 5.39. The minimum Gasteiger partial charge on any atom is -0.481 e. The molecule has 0 saturated heterocycles. The van der Waals surface area contributed by atoms with Gasteiger partial charge in [-0.25, -0.2) is 0 Å². The first-order valence-electron chi connectivity index (χ1n) is 9.03. The summed E-state index contributed by atoms with van der Waals surface area (Å²) in [5, 5.41) is 15.2. The molecule has 0 heterocycles. The lowest BCUT2D eigenvalue weighted by Gasteiger charge is -2.24. The van der Waals surface area contributed by atoms with Crippen LogP contribution in [-0.2, 0) is 14.4 Å². The van der Waals surface area contributed by atoms with Gasteiger partial charge in [-0.1, -0.05) is 25.1 Å². The average Bonchev–Trinajstić information content (AvgIpc) is 3.19. The van der Waals surface area contributed by atoms with Gasteiger partial charge in [-0.3, -0.25) is 14.4 Å². The highest BCUT2D eigenvalue weighted by Crippen LogP contribution is 2.48. The van der Waals surface area contributed by atoms with Gasteiger partial charge in [0.05, 0.1) is 11.8 Å². The van der Waals surface area contributed by atoms with E-state index in [4.69, 9.17) is 0 Å². The van der Waals surface area contributed by atoms with E-state index >= 15 is 0 Å². The molecule has 1 saturated carbocycles. The van der Waals surface area contributed by atoms with Crippen molar-refractivity contribution in [3.8, 4) is 0 Å². The molecule has 3 N–H and O–H groups in total. The molecule has 0 unspecified atom stereocenters. The summed E-state index contributed by atoms with van der Waals surface area (Å²) in [7, 11) is 0. The summed E-state index contributed by atoms with van der Waals surface area (Å²) < 4.78 is 0. The largest absolute Gasteiger partial charge is 0.481 e. The van der Waals surface area contributed by atoms with Crippen molar-refractivity contribution in [2.75, 3.05) is 10.6 Å². The zero-order valence-electron chi connectivity index (χ0n) is 15.0. The van der Waals surface area contributed by atoms with Gasteiger partial charge in [0, 0.05) is 17.8 Å². The third-order valence-electron chi connectivity index (χ3n) is 5.39. The fraction of sp³-hybridized carbons (Fsp3) is 0.450. The zero-order valence-corrected chi connectivity index (χ0v) is 15.0. The average molecular weight is 356 g/mol. The number of amides is 2. The normalized spacial score (nSPS) is 25.9. The van der Waals surface area contributed by atoms with Crippen LogP contribution >= 0.6 is 0 Å². The topological polar surface area (TPSA) is 95.5 Å². The van der Waals surface area contributed by atoms with Crippen LogP contribution in [0.3, 0.4) is 0 Å². The molecule has 1 fully saturated rings. The van der Waals surface area contributed by atoms with Gasteiger partial charge in [0.15, 0.2) is 0 Å². The number of benzene rings is 1. The standard InChI is InChI=1S/C20H24N2O4/c1-3-5-16(23)21-14-6-4-7-15(11(14)2)22-19(24)17-12-8-9-13(10-12)18(17)20(25)26/h4,6-9,12-13,17-18H,3,5,10H2,1-2H3,(H,21,23)(H,22,24)(H,25,26)/t12-,13-,17+,18-/m0/s1. The molecule has 2 aliphatic carbocycles. The first kappa shape index (κ1) is 18.2. The number of anilines is 2. The van der Waals surface area contributed by atoms with Crippen LogP contribution in [0.5, 0.6) is 0 Å². The predicted octanol–water partition coefficient (Wildman–Crippen LogP) is 3.20. The Balaban J connectivity index is 1.76. The van der Waals surface area contributed by atoms with Gasteiger partial charge in [-0.2, -0.15) is 0 Å². The highest BCUT2D eigenvalue weighted by atomic mass is 16.4. The molecular formula is C20H24N2O4. The van der Waals surface area contributed by atoms with Crippen LogP contribution in [0.1, 0.15) is 31.7 Å². The number of allylic oxidation sites excluding steroid dienone is 2. The summed E-state index contributed by atoms with van der Waals surface area (Å²) in [5.74, 6) is -2.56. The number of hydrogen-bond acceptors (Lipinski definition) is 3. The van der Waals surface area contributed by atoms with Crippen molar-refractivity contribution in [2.24, 2.45) is 23.7 Å². The van der Waals surface area contributed by atoms with E-state index < -0.39 is 17.8 Å². The van der Waals surface area contributed by atoms with Crippen LogP contribution < -0.4 is 10.6 Å². The molecule has 0 aromatic heterocycles. The number of carboxylic acids is 1. The molecule has 2 aliphatic rings. The van der Waals surface area contributed by atoms with Gasteiger partial charge >= 0.3 is 5.97 Å². The number of hydrogen-bond donors (Lipinski definition) is 3. The molecule has 0 aliphatic heterocycles. The Morgan fingerprint density at radius 2 is 1.69 bits per heavy atom. The summed E-state index contributed by atoms with van der Waals surface area (Å²) in [5.41, 5.74) is 2.01. The summed E-state index contributed by atoms with van der Waals surface area (Å²) in [6, 6.07) is 5.32. The molecule has 6 heteroatoms. The highest BCUT2D eigenvalue weighted by molar-refractivity contribution is 5.98. The van der Waals surface area contributed by atoms with E-state index in [1.54, 1.807) is 18.2 Å². The molecule has 138 valence electrons. The van der Waals surface area contributed by atoms with Gasteiger partial charge in [0.25, 0.3) is 0 Å². The van der Waals surface area contributed by atoms with Crippen molar-refractivity contribution in [1.82, 2.24) is 0 Å². The second-order valence-electron chi connectivity index (χ2n) is 7.10. The van der Waals surface area contributed by atoms with Gasteiger partial charge in [0.2, 0.25) is 11.8 Å². The molecule has 3 rings (SSSR count). The maximum absolute atomic E-state index is 12.8. The van der Waals surface area contributed by atoms with Gasteiger partial charge in [0.1, 0.15) is 0 Å². The Labute approximate surface area is 152 Å². The fourth-order valence-electron chi connectivity index (χ4n) is 4.08. The molecule has 1 aromatic rings. The molecule has 2 bridgehead atoms. The predicted molar refractivity (Wildman–Crippen MR) is 98.7 cm³/mol. The Bertz CT molecular complexity index is 771.